The maximum atomic E-state index is 11.0. The van der Waals surface area contributed by atoms with Crippen molar-refractivity contribution in [2.45, 2.75) is 13.0 Å². The lowest BCUT2D eigenvalue weighted by atomic mass is 10.2. The van der Waals surface area contributed by atoms with Crippen LogP contribution in [0.25, 0.3) is 0 Å². The standard InChI is InChI=1S/C7H11ClN2O4/c1-4(11)6(7(13)14-2)10-5(12)3-9-8/h6,9H,3H2,1-2H3,(H,10,12)/t6-/m0/s1. The van der Waals surface area contributed by atoms with Gasteiger partial charge in [-0.2, -0.15) is 0 Å². The fraction of sp³-hybridized carbons (Fsp3) is 0.571. The van der Waals surface area contributed by atoms with E-state index in [1.165, 1.54) is 6.92 Å². The third kappa shape index (κ3) is 4.20. The molecule has 1 amide bonds. The van der Waals surface area contributed by atoms with Crippen LogP contribution in [0, 0.1) is 0 Å². The molecule has 7 heteroatoms. The highest BCUT2D eigenvalue weighted by Gasteiger charge is 2.25. The van der Waals surface area contributed by atoms with Gasteiger partial charge in [-0.25, -0.2) is 9.63 Å². The highest BCUT2D eigenvalue weighted by Crippen LogP contribution is 1.90. The van der Waals surface area contributed by atoms with E-state index in [9.17, 15) is 14.4 Å². The SMILES string of the molecule is COC(=O)[C@@H](NC(=O)CNCl)C(C)=O. The van der Waals surface area contributed by atoms with Crippen molar-refractivity contribution in [2.75, 3.05) is 13.7 Å². The van der Waals surface area contributed by atoms with Gasteiger partial charge in [-0.05, 0) is 18.7 Å². The summed E-state index contributed by atoms with van der Waals surface area (Å²) in [5, 5.41) is 2.16. The predicted octanol–water partition coefficient (Wildman–Crippen LogP) is -1.02. The lowest BCUT2D eigenvalue weighted by molar-refractivity contribution is -0.148. The summed E-state index contributed by atoms with van der Waals surface area (Å²) >= 11 is 5.06. The van der Waals surface area contributed by atoms with Crippen LogP contribution in [0.5, 0.6) is 0 Å². The van der Waals surface area contributed by atoms with Crippen LogP contribution in [-0.4, -0.2) is 37.4 Å². The van der Waals surface area contributed by atoms with Crippen molar-refractivity contribution in [3.8, 4) is 0 Å². The van der Waals surface area contributed by atoms with Gasteiger partial charge in [0.1, 0.15) is 0 Å². The summed E-state index contributed by atoms with van der Waals surface area (Å²) in [6, 6.07) is -1.27. The van der Waals surface area contributed by atoms with Gasteiger partial charge in [-0.15, -0.1) is 0 Å². The van der Waals surface area contributed by atoms with E-state index < -0.39 is 23.7 Å². The minimum absolute atomic E-state index is 0.192. The maximum Gasteiger partial charge on any atom is 0.336 e. The van der Waals surface area contributed by atoms with Gasteiger partial charge in [-0.3, -0.25) is 9.59 Å². The summed E-state index contributed by atoms with van der Waals surface area (Å²) in [5.41, 5.74) is 0. The number of methoxy groups -OCH3 is 1. The first-order valence-corrected chi connectivity index (χ1v) is 4.11. The molecule has 0 bridgehead atoms. The molecule has 0 rings (SSSR count). The second-order valence-electron chi connectivity index (χ2n) is 2.44. The number of halogens is 1. The molecule has 0 aromatic heterocycles. The molecule has 0 aliphatic carbocycles. The molecule has 0 fully saturated rings. The van der Waals surface area contributed by atoms with Gasteiger partial charge in [0.05, 0.1) is 13.7 Å². The summed E-state index contributed by atoms with van der Waals surface area (Å²) in [4.78, 5) is 34.9. The zero-order valence-electron chi connectivity index (χ0n) is 7.80. The van der Waals surface area contributed by atoms with Crippen LogP contribution in [0.2, 0.25) is 0 Å². The van der Waals surface area contributed by atoms with E-state index in [0.717, 1.165) is 7.11 Å². The molecule has 0 saturated heterocycles. The van der Waals surface area contributed by atoms with Crippen LogP contribution in [0.3, 0.4) is 0 Å². The van der Waals surface area contributed by atoms with Gasteiger partial charge in [0.15, 0.2) is 11.8 Å². The van der Waals surface area contributed by atoms with E-state index in [2.05, 4.69) is 14.9 Å². The number of nitrogens with one attached hydrogen (secondary N) is 2. The Morgan fingerprint density at radius 2 is 2.00 bits per heavy atom. The van der Waals surface area contributed by atoms with E-state index in [1.54, 1.807) is 0 Å². The molecule has 2 N–H and O–H groups in total. The van der Waals surface area contributed by atoms with Crippen molar-refractivity contribution < 1.29 is 19.1 Å². The van der Waals surface area contributed by atoms with Crippen LogP contribution < -0.4 is 10.2 Å². The molecule has 0 heterocycles. The maximum absolute atomic E-state index is 11.0. The molecule has 1 atom stereocenters. The van der Waals surface area contributed by atoms with Crippen molar-refractivity contribution in [3.63, 3.8) is 0 Å². The summed E-state index contributed by atoms with van der Waals surface area (Å²) in [5.74, 6) is -1.87. The molecule has 0 saturated carbocycles. The second-order valence-corrected chi connectivity index (χ2v) is 2.71. The number of carbonyl (C=O) groups excluding carboxylic acids is 3. The number of ether oxygens (including phenoxy) is 1. The average Bonchev–Trinajstić information content (AvgIpc) is 2.13. The number of Topliss-reactive ketones (excluding diaryl/α,β-unsaturated/α-hetero) is 1. The minimum atomic E-state index is -1.27. The summed E-state index contributed by atoms with van der Waals surface area (Å²) in [6.07, 6.45) is 0. The van der Waals surface area contributed by atoms with Crippen LogP contribution in [0.4, 0.5) is 0 Å². The molecular weight excluding hydrogens is 212 g/mol. The number of carbonyl (C=O) groups is 3. The first-order valence-electron chi connectivity index (χ1n) is 3.74. The average molecular weight is 223 g/mol. The Morgan fingerprint density at radius 1 is 1.43 bits per heavy atom. The predicted molar refractivity (Wildman–Crippen MR) is 48.5 cm³/mol. The summed E-state index contributed by atoms with van der Waals surface area (Å²) in [6.45, 7) is 0.984. The quantitative estimate of drug-likeness (QED) is 0.353. The van der Waals surface area contributed by atoms with Crippen molar-refractivity contribution in [3.05, 3.63) is 0 Å². The number of ketones is 1. The van der Waals surface area contributed by atoms with Crippen LogP contribution in [0.1, 0.15) is 6.92 Å². The second kappa shape index (κ2) is 6.33. The Labute approximate surface area is 86.0 Å². The summed E-state index contributed by atoms with van der Waals surface area (Å²) in [7, 11) is 1.13. The third-order valence-corrected chi connectivity index (χ3v) is 1.51. The fourth-order valence-electron chi connectivity index (χ4n) is 0.717. The van der Waals surface area contributed by atoms with Gasteiger partial charge in [0, 0.05) is 0 Å². The van der Waals surface area contributed by atoms with Gasteiger partial charge in [-0.1, -0.05) is 0 Å². The number of hydrogen-bond donors (Lipinski definition) is 2. The molecule has 0 aromatic carbocycles. The number of esters is 1. The summed E-state index contributed by atoms with van der Waals surface area (Å²) < 4.78 is 4.32. The highest BCUT2D eigenvalue weighted by atomic mass is 35.5. The fourth-order valence-corrected chi connectivity index (χ4v) is 0.838. The monoisotopic (exact) mass is 222 g/mol. The normalized spacial score (nSPS) is 11.6. The van der Waals surface area contributed by atoms with E-state index in [4.69, 9.17) is 11.8 Å². The molecule has 80 valence electrons. The smallest absolute Gasteiger partial charge is 0.336 e. The van der Waals surface area contributed by atoms with E-state index in [1.807, 2.05) is 0 Å². The largest absolute Gasteiger partial charge is 0.467 e. The van der Waals surface area contributed by atoms with Crippen molar-refractivity contribution in [1.29, 1.82) is 0 Å². The Balaban J connectivity index is 4.31. The topological polar surface area (TPSA) is 84.5 Å². The molecule has 14 heavy (non-hydrogen) atoms. The lowest BCUT2D eigenvalue weighted by Crippen LogP contribution is -2.48. The number of rotatable bonds is 5. The zero-order valence-corrected chi connectivity index (χ0v) is 8.55. The third-order valence-electron chi connectivity index (χ3n) is 1.38. The zero-order chi connectivity index (χ0) is 11.1. The Kier molecular flexibility index (Phi) is 5.82. The van der Waals surface area contributed by atoms with Gasteiger partial charge in [0.25, 0.3) is 0 Å². The van der Waals surface area contributed by atoms with E-state index in [0.29, 0.717) is 0 Å². The number of amides is 1. The molecule has 6 nitrogen and oxygen atoms in total. The molecule has 0 aliphatic rings. The Morgan fingerprint density at radius 3 is 2.36 bits per heavy atom. The molecule has 0 unspecified atom stereocenters. The van der Waals surface area contributed by atoms with Gasteiger partial charge < -0.3 is 10.1 Å². The molecule has 0 spiro atoms. The van der Waals surface area contributed by atoms with Crippen molar-refractivity contribution in [2.24, 2.45) is 0 Å². The molecule has 0 radical (unpaired) electrons. The minimum Gasteiger partial charge on any atom is -0.467 e. The van der Waals surface area contributed by atoms with E-state index >= 15 is 0 Å². The molecule has 0 aromatic rings. The molecular formula is C7H11ClN2O4. The van der Waals surface area contributed by atoms with Crippen LogP contribution >= 0.6 is 11.8 Å². The molecule has 0 aliphatic heterocycles. The first-order chi connectivity index (χ1) is 6.52. The van der Waals surface area contributed by atoms with E-state index in [-0.39, 0.29) is 6.54 Å². The van der Waals surface area contributed by atoms with Crippen molar-refractivity contribution >= 4 is 29.4 Å². The Bertz CT molecular complexity index is 244. The number of hydrogen-bond acceptors (Lipinski definition) is 5. The van der Waals surface area contributed by atoms with Crippen LogP contribution in [0.15, 0.2) is 0 Å². The van der Waals surface area contributed by atoms with Crippen molar-refractivity contribution in [1.82, 2.24) is 10.2 Å². The van der Waals surface area contributed by atoms with Crippen LogP contribution in [-0.2, 0) is 19.1 Å². The first kappa shape index (κ1) is 12.9. The Hall–Kier alpha value is -1.14. The van der Waals surface area contributed by atoms with Gasteiger partial charge >= 0.3 is 5.97 Å². The lowest BCUT2D eigenvalue weighted by Gasteiger charge is -2.12. The van der Waals surface area contributed by atoms with Gasteiger partial charge in [0.2, 0.25) is 5.91 Å². The highest BCUT2D eigenvalue weighted by molar-refractivity contribution is 6.14.